The highest BCUT2D eigenvalue weighted by molar-refractivity contribution is 6.32. The van der Waals surface area contributed by atoms with Crippen LogP contribution in [0.2, 0.25) is 5.15 Å². The second-order valence-electron chi connectivity index (χ2n) is 3.57. The van der Waals surface area contributed by atoms with Gasteiger partial charge in [0, 0.05) is 31.7 Å². The summed E-state index contributed by atoms with van der Waals surface area (Å²) in [4.78, 5) is 17.1. The molecule has 2 rings (SSSR count). The summed E-state index contributed by atoms with van der Waals surface area (Å²) in [5, 5.41) is 9.31. The van der Waals surface area contributed by atoms with E-state index in [0.717, 1.165) is 0 Å². The van der Waals surface area contributed by atoms with Crippen LogP contribution < -0.4 is 4.90 Å². The minimum Gasteiger partial charge on any atom is -0.396 e. The first kappa shape index (κ1) is 10.4. The van der Waals surface area contributed by atoms with Gasteiger partial charge in [-0.1, -0.05) is 11.6 Å². The molecule has 2 heterocycles. The number of carbonyl (C=O) groups is 1. The second kappa shape index (κ2) is 4.16. The Hall–Kier alpha value is -1.13. The van der Waals surface area contributed by atoms with Crippen molar-refractivity contribution < 1.29 is 9.90 Å². The molecule has 1 amide bonds. The minimum atomic E-state index is -0.0102. The number of carbonyl (C=O) groups excluding carboxylic acids is 1. The molecule has 0 saturated carbocycles. The summed E-state index contributed by atoms with van der Waals surface area (Å²) in [6, 6.07) is 3.49. The maximum atomic E-state index is 11.6. The monoisotopic (exact) mass is 226 g/mol. The second-order valence-corrected chi connectivity index (χ2v) is 3.93. The van der Waals surface area contributed by atoms with E-state index >= 15 is 0 Å². The van der Waals surface area contributed by atoms with Gasteiger partial charge in [0.25, 0.3) is 0 Å². The number of halogens is 1. The van der Waals surface area contributed by atoms with E-state index < -0.39 is 0 Å². The number of aliphatic hydroxyl groups is 1. The van der Waals surface area contributed by atoms with Gasteiger partial charge in [-0.25, -0.2) is 4.98 Å². The third-order valence-electron chi connectivity index (χ3n) is 2.49. The lowest BCUT2D eigenvalue weighted by molar-refractivity contribution is -0.117. The molecular weight excluding hydrogens is 216 g/mol. The number of amides is 1. The van der Waals surface area contributed by atoms with Gasteiger partial charge >= 0.3 is 0 Å². The SMILES string of the molecule is O=C1CC(CO)CN1c1cccnc1Cl. The zero-order chi connectivity index (χ0) is 10.8. The zero-order valence-corrected chi connectivity index (χ0v) is 8.81. The lowest BCUT2D eigenvalue weighted by Gasteiger charge is -2.16. The van der Waals surface area contributed by atoms with Crippen molar-refractivity contribution in [2.75, 3.05) is 18.1 Å². The summed E-state index contributed by atoms with van der Waals surface area (Å²) in [6.45, 7) is 0.543. The highest BCUT2D eigenvalue weighted by atomic mass is 35.5. The van der Waals surface area contributed by atoms with Crippen LogP contribution in [0.4, 0.5) is 5.69 Å². The van der Waals surface area contributed by atoms with Gasteiger partial charge in [-0.15, -0.1) is 0 Å². The van der Waals surface area contributed by atoms with Crippen LogP contribution in [0.15, 0.2) is 18.3 Å². The zero-order valence-electron chi connectivity index (χ0n) is 8.06. The summed E-state index contributed by atoms with van der Waals surface area (Å²) in [7, 11) is 0. The van der Waals surface area contributed by atoms with Gasteiger partial charge in [-0.2, -0.15) is 0 Å². The van der Waals surface area contributed by atoms with E-state index in [1.54, 1.807) is 23.2 Å². The van der Waals surface area contributed by atoms with Crippen LogP contribution in [-0.2, 0) is 4.79 Å². The lowest BCUT2D eigenvalue weighted by atomic mass is 10.1. The Bertz CT molecular complexity index is 383. The molecule has 1 aliphatic heterocycles. The van der Waals surface area contributed by atoms with Crippen molar-refractivity contribution in [3.63, 3.8) is 0 Å². The molecule has 1 fully saturated rings. The third kappa shape index (κ3) is 1.96. The molecule has 0 bridgehead atoms. The Kier molecular flexibility index (Phi) is 2.88. The van der Waals surface area contributed by atoms with Gasteiger partial charge in [0.2, 0.25) is 5.91 Å². The number of pyridine rings is 1. The van der Waals surface area contributed by atoms with Crippen molar-refractivity contribution in [1.82, 2.24) is 4.98 Å². The van der Waals surface area contributed by atoms with Crippen molar-refractivity contribution in [3.05, 3.63) is 23.5 Å². The molecule has 15 heavy (non-hydrogen) atoms. The molecule has 1 saturated heterocycles. The normalized spacial score (nSPS) is 21.1. The van der Waals surface area contributed by atoms with Gasteiger partial charge in [-0.3, -0.25) is 4.79 Å². The Morgan fingerprint density at radius 1 is 1.67 bits per heavy atom. The summed E-state index contributed by atoms with van der Waals surface area (Å²) in [6.07, 6.45) is 1.96. The van der Waals surface area contributed by atoms with Gasteiger partial charge in [0.05, 0.1) is 5.69 Å². The topological polar surface area (TPSA) is 53.4 Å². The number of aliphatic hydroxyl groups excluding tert-OH is 1. The molecule has 80 valence electrons. The van der Waals surface area contributed by atoms with Crippen LogP contribution >= 0.6 is 11.6 Å². The van der Waals surface area contributed by atoms with Crippen molar-refractivity contribution in [3.8, 4) is 0 Å². The number of rotatable bonds is 2. The molecule has 1 atom stereocenters. The van der Waals surface area contributed by atoms with E-state index in [1.807, 2.05) is 0 Å². The summed E-state index contributed by atoms with van der Waals surface area (Å²) < 4.78 is 0. The van der Waals surface area contributed by atoms with Gasteiger partial charge in [-0.05, 0) is 12.1 Å². The van der Waals surface area contributed by atoms with Gasteiger partial charge in [0.15, 0.2) is 5.15 Å². The van der Waals surface area contributed by atoms with Crippen molar-refractivity contribution in [2.45, 2.75) is 6.42 Å². The van der Waals surface area contributed by atoms with E-state index in [-0.39, 0.29) is 18.4 Å². The Balaban J connectivity index is 2.25. The van der Waals surface area contributed by atoms with Crippen LogP contribution in [-0.4, -0.2) is 29.1 Å². The van der Waals surface area contributed by atoms with Crippen LogP contribution in [0.5, 0.6) is 0 Å². The maximum Gasteiger partial charge on any atom is 0.227 e. The smallest absolute Gasteiger partial charge is 0.227 e. The number of hydrogen-bond donors (Lipinski definition) is 1. The predicted octanol–water partition coefficient (Wildman–Crippen LogP) is 1.08. The Labute approximate surface area is 92.5 Å². The van der Waals surface area contributed by atoms with E-state index in [0.29, 0.717) is 23.8 Å². The first-order chi connectivity index (χ1) is 7.22. The van der Waals surface area contributed by atoms with Crippen molar-refractivity contribution in [2.24, 2.45) is 5.92 Å². The largest absolute Gasteiger partial charge is 0.396 e. The molecule has 0 radical (unpaired) electrons. The van der Waals surface area contributed by atoms with E-state index in [1.165, 1.54) is 0 Å². The van der Waals surface area contributed by atoms with E-state index in [4.69, 9.17) is 16.7 Å². The predicted molar refractivity (Wildman–Crippen MR) is 56.8 cm³/mol. The minimum absolute atomic E-state index is 0.00812. The van der Waals surface area contributed by atoms with Crippen LogP contribution in [0.1, 0.15) is 6.42 Å². The maximum absolute atomic E-state index is 11.6. The quantitative estimate of drug-likeness (QED) is 0.768. The summed E-state index contributed by atoms with van der Waals surface area (Å²) in [5.41, 5.74) is 0.625. The van der Waals surface area contributed by atoms with E-state index in [2.05, 4.69) is 4.98 Å². The van der Waals surface area contributed by atoms with Crippen molar-refractivity contribution >= 4 is 23.2 Å². The number of hydrogen-bond acceptors (Lipinski definition) is 3. The summed E-state index contributed by atoms with van der Waals surface area (Å²) in [5.74, 6) is -0.00211. The molecular formula is C10H11ClN2O2. The molecule has 4 nitrogen and oxygen atoms in total. The third-order valence-corrected chi connectivity index (χ3v) is 2.78. The van der Waals surface area contributed by atoms with Crippen LogP contribution in [0.25, 0.3) is 0 Å². The first-order valence-electron chi connectivity index (χ1n) is 4.74. The fourth-order valence-electron chi connectivity index (χ4n) is 1.72. The highest BCUT2D eigenvalue weighted by Gasteiger charge is 2.31. The highest BCUT2D eigenvalue weighted by Crippen LogP contribution is 2.29. The first-order valence-corrected chi connectivity index (χ1v) is 5.12. The van der Waals surface area contributed by atoms with Crippen molar-refractivity contribution in [1.29, 1.82) is 0 Å². The van der Waals surface area contributed by atoms with Gasteiger partial charge in [0.1, 0.15) is 0 Å². The Morgan fingerprint density at radius 2 is 2.47 bits per heavy atom. The van der Waals surface area contributed by atoms with Crippen LogP contribution in [0.3, 0.4) is 0 Å². The fraction of sp³-hybridized carbons (Fsp3) is 0.400. The number of aromatic nitrogens is 1. The van der Waals surface area contributed by atoms with Crippen LogP contribution in [0, 0.1) is 5.92 Å². The standard InChI is InChI=1S/C10H11ClN2O2/c11-10-8(2-1-3-12-10)13-5-7(6-14)4-9(13)15/h1-3,7,14H,4-6H2. The molecule has 5 heteroatoms. The average molecular weight is 227 g/mol. The molecule has 0 aromatic carbocycles. The Morgan fingerprint density at radius 3 is 3.07 bits per heavy atom. The van der Waals surface area contributed by atoms with Gasteiger partial charge < -0.3 is 10.0 Å². The number of anilines is 1. The lowest BCUT2D eigenvalue weighted by Crippen LogP contribution is -2.25. The fourth-order valence-corrected chi connectivity index (χ4v) is 1.94. The molecule has 1 unspecified atom stereocenters. The molecule has 1 aromatic rings. The van der Waals surface area contributed by atoms with E-state index in [9.17, 15) is 4.79 Å². The number of nitrogens with zero attached hydrogens (tertiary/aromatic N) is 2. The summed E-state index contributed by atoms with van der Waals surface area (Å²) >= 11 is 5.89. The molecule has 1 aromatic heterocycles. The molecule has 1 aliphatic rings. The molecule has 1 N–H and O–H groups in total. The average Bonchev–Trinajstić information content (AvgIpc) is 2.60. The molecule has 0 spiro atoms. The molecule has 0 aliphatic carbocycles.